The van der Waals surface area contributed by atoms with E-state index in [0.29, 0.717) is 6.54 Å². The Labute approximate surface area is 123 Å². The summed E-state index contributed by atoms with van der Waals surface area (Å²) in [5.74, 6) is 0.954. The molecule has 1 heterocycles. The lowest BCUT2D eigenvalue weighted by atomic mass is 10.1. The Balaban J connectivity index is 1.62. The van der Waals surface area contributed by atoms with E-state index in [4.69, 9.17) is 10.5 Å². The van der Waals surface area contributed by atoms with Gasteiger partial charge in [-0.1, -0.05) is 31.4 Å². The quantitative estimate of drug-likeness (QED) is 0.811. The number of nitrogens with zero attached hydrogens (tertiary/aromatic N) is 1. The Morgan fingerprint density at radius 3 is 2.25 bits per heavy atom. The second-order valence-corrected chi connectivity index (χ2v) is 5.66. The molecule has 0 aliphatic carbocycles. The number of likely N-dealkylation sites (tertiary alicyclic amines) is 1. The van der Waals surface area contributed by atoms with Crippen molar-refractivity contribution < 1.29 is 4.74 Å². The lowest BCUT2D eigenvalue weighted by Gasteiger charge is -2.24. The van der Waals surface area contributed by atoms with Crippen LogP contribution in [0.5, 0.6) is 5.75 Å². The molecule has 2 rings (SSSR count). The van der Waals surface area contributed by atoms with Crippen LogP contribution in [-0.2, 0) is 6.54 Å². The molecule has 0 saturated carbocycles. The molecule has 1 saturated heterocycles. The molecule has 0 radical (unpaired) electrons. The van der Waals surface area contributed by atoms with E-state index in [1.165, 1.54) is 51.7 Å². The smallest absolute Gasteiger partial charge is 0.119 e. The van der Waals surface area contributed by atoms with Gasteiger partial charge in [-0.2, -0.15) is 0 Å². The van der Waals surface area contributed by atoms with Gasteiger partial charge in [0.05, 0.1) is 6.61 Å². The normalized spacial score (nSPS) is 17.4. The van der Waals surface area contributed by atoms with Gasteiger partial charge in [0.2, 0.25) is 0 Å². The molecular weight excluding hydrogens is 248 g/mol. The minimum atomic E-state index is 0.592. The average molecular weight is 276 g/mol. The van der Waals surface area contributed by atoms with E-state index in [-0.39, 0.29) is 0 Å². The van der Waals surface area contributed by atoms with Crippen molar-refractivity contribution >= 4 is 0 Å². The van der Waals surface area contributed by atoms with Gasteiger partial charge in [0.25, 0.3) is 0 Å². The van der Waals surface area contributed by atoms with E-state index in [2.05, 4.69) is 4.90 Å². The van der Waals surface area contributed by atoms with Gasteiger partial charge in [0.15, 0.2) is 0 Å². The van der Waals surface area contributed by atoms with Crippen LogP contribution >= 0.6 is 0 Å². The standard InChI is InChI=1S/C17H28N2O/c18-15-16-7-9-17(10-8-16)20-14-6-13-19-11-4-2-1-3-5-12-19/h7-10H,1-6,11-15,18H2. The van der Waals surface area contributed by atoms with Crippen molar-refractivity contribution in [3.63, 3.8) is 0 Å². The number of rotatable bonds is 6. The van der Waals surface area contributed by atoms with E-state index < -0.39 is 0 Å². The summed E-state index contributed by atoms with van der Waals surface area (Å²) >= 11 is 0. The second kappa shape index (κ2) is 8.98. The summed E-state index contributed by atoms with van der Waals surface area (Å²) in [6, 6.07) is 8.10. The number of hydrogen-bond acceptors (Lipinski definition) is 3. The largest absolute Gasteiger partial charge is 0.494 e. The van der Waals surface area contributed by atoms with E-state index in [1.54, 1.807) is 0 Å². The minimum Gasteiger partial charge on any atom is -0.494 e. The lowest BCUT2D eigenvalue weighted by molar-refractivity contribution is 0.218. The molecule has 1 fully saturated rings. The topological polar surface area (TPSA) is 38.5 Å². The highest BCUT2D eigenvalue weighted by molar-refractivity contribution is 5.26. The highest BCUT2D eigenvalue weighted by atomic mass is 16.5. The van der Waals surface area contributed by atoms with E-state index in [1.807, 2.05) is 24.3 Å². The van der Waals surface area contributed by atoms with Crippen molar-refractivity contribution in [3.05, 3.63) is 29.8 Å². The van der Waals surface area contributed by atoms with Gasteiger partial charge in [-0.05, 0) is 50.0 Å². The summed E-state index contributed by atoms with van der Waals surface area (Å²) in [7, 11) is 0. The molecule has 1 aliphatic rings. The first-order chi connectivity index (χ1) is 9.88. The Kier molecular flexibility index (Phi) is 6.89. The van der Waals surface area contributed by atoms with Crippen LogP contribution in [0.25, 0.3) is 0 Å². The van der Waals surface area contributed by atoms with Crippen LogP contribution in [0, 0.1) is 0 Å². The van der Waals surface area contributed by atoms with Gasteiger partial charge in [-0.15, -0.1) is 0 Å². The molecule has 1 aromatic rings. The Morgan fingerprint density at radius 1 is 0.950 bits per heavy atom. The molecule has 3 nitrogen and oxygen atoms in total. The first-order valence-corrected chi connectivity index (χ1v) is 8.02. The monoisotopic (exact) mass is 276 g/mol. The van der Waals surface area contributed by atoms with Crippen molar-refractivity contribution in [2.45, 2.75) is 45.1 Å². The van der Waals surface area contributed by atoms with E-state index in [9.17, 15) is 0 Å². The fourth-order valence-electron chi connectivity index (χ4n) is 2.74. The lowest BCUT2D eigenvalue weighted by Crippen LogP contribution is -2.29. The van der Waals surface area contributed by atoms with Crippen molar-refractivity contribution in [1.29, 1.82) is 0 Å². The highest BCUT2D eigenvalue weighted by Gasteiger charge is 2.07. The van der Waals surface area contributed by atoms with Gasteiger partial charge < -0.3 is 15.4 Å². The fourth-order valence-corrected chi connectivity index (χ4v) is 2.74. The molecule has 0 bridgehead atoms. The summed E-state index contributed by atoms with van der Waals surface area (Å²) in [6.07, 6.45) is 8.07. The Bertz CT molecular complexity index is 356. The molecule has 112 valence electrons. The predicted molar refractivity (Wildman–Crippen MR) is 84.0 cm³/mol. The Hall–Kier alpha value is -1.06. The second-order valence-electron chi connectivity index (χ2n) is 5.66. The van der Waals surface area contributed by atoms with Crippen LogP contribution in [0.4, 0.5) is 0 Å². The van der Waals surface area contributed by atoms with Crippen LogP contribution in [0.15, 0.2) is 24.3 Å². The molecule has 0 atom stereocenters. The highest BCUT2D eigenvalue weighted by Crippen LogP contribution is 2.13. The summed E-state index contributed by atoms with van der Waals surface area (Å²) in [5.41, 5.74) is 6.73. The third kappa shape index (κ3) is 5.51. The molecular formula is C17H28N2O. The number of nitrogens with two attached hydrogens (primary N) is 1. The maximum Gasteiger partial charge on any atom is 0.119 e. The molecule has 0 amide bonds. The van der Waals surface area contributed by atoms with Crippen LogP contribution in [0.2, 0.25) is 0 Å². The summed E-state index contributed by atoms with van der Waals surface area (Å²) in [4.78, 5) is 2.60. The molecule has 2 N–H and O–H groups in total. The van der Waals surface area contributed by atoms with Gasteiger partial charge in [-0.25, -0.2) is 0 Å². The number of benzene rings is 1. The summed E-state index contributed by atoms with van der Waals surface area (Å²) in [6.45, 7) is 5.10. The summed E-state index contributed by atoms with van der Waals surface area (Å²) < 4.78 is 5.79. The number of hydrogen-bond donors (Lipinski definition) is 1. The Morgan fingerprint density at radius 2 is 1.60 bits per heavy atom. The van der Waals surface area contributed by atoms with Crippen LogP contribution in [0.3, 0.4) is 0 Å². The third-order valence-electron chi connectivity index (χ3n) is 4.00. The molecule has 1 aliphatic heterocycles. The fraction of sp³-hybridized carbons (Fsp3) is 0.647. The van der Waals surface area contributed by atoms with Crippen LogP contribution in [-0.4, -0.2) is 31.1 Å². The van der Waals surface area contributed by atoms with Crippen molar-refractivity contribution in [3.8, 4) is 5.75 Å². The maximum absolute atomic E-state index is 5.79. The van der Waals surface area contributed by atoms with E-state index >= 15 is 0 Å². The zero-order valence-electron chi connectivity index (χ0n) is 12.5. The molecule has 3 heteroatoms. The van der Waals surface area contributed by atoms with Crippen LogP contribution in [0.1, 0.15) is 44.1 Å². The molecule has 0 unspecified atom stereocenters. The van der Waals surface area contributed by atoms with E-state index in [0.717, 1.165) is 24.3 Å². The van der Waals surface area contributed by atoms with Crippen LogP contribution < -0.4 is 10.5 Å². The van der Waals surface area contributed by atoms with Crippen molar-refractivity contribution in [2.75, 3.05) is 26.2 Å². The van der Waals surface area contributed by atoms with Gasteiger partial charge in [0, 0.05) is 13.1 Å². The van der Waals surface area contributed by atoms with Gasteiger partial charge >= 0.3 is 0 Å². The zero-order chi connectivity index (χ0) is 14.0. The minimum absolute atomic E-state index is 0.592. The summed E-state index contributed by atoms with van der Waals surface area (Å²) in [5, 5.41) is 0. The van der Waals surface area contributed by atoms with Crippen molar-refractivity contribution in [1.82, 2.24) is 4.90 Å². The van der Waals surface area contributed by atoms with Gasteiger partial charge in [0.1, 0.15) is 5.75 Å². The first-order valence-electron chi connectivity index (χ1n) is 8.02. The molecule has 1 aromatic carbocycles. The predicted octanol–water partition coefficient (Wildman–Crippen LogP) is 3.18. The SMILES string of the molecule is NCc1ccc(OCCCN2CCCCCCC2)cc1. The van der Waals surface area contributed by atoms with Crippen molar-refractivity contribution in [2.24, 2.45) is 5.73 Å². The maximum atomic E-state index is 5.79. The third-order valence-corrected chi connectivity index (χ3v) is 4.00. The zero-order valence-corrected chi connectivity index (χ0v) is 12.5. The first kappa shape index (κ1) is 15.3. The average Bonchev–Trinajstić information content (AvgIpc) is 2.46. The van der Waals surface area contributed by atoms with Gasteiger partial charge in [-0.3, -0.25) is 0 Å². The number of ether oxygens (including phenoxy) is 1. The molecule has 0 aromatic heterocycles. The molecule has 20 heavy (non-hydrogen) atoms. The molecule has 0 spiro atoms.